The molecule has 3 rings (SSSR count). The molecule has 0 aliphatic carbocycles. The van der Waals surface area contributed by atoms with Gasteiger partial charge < -0.3 is 9.15 Å². The predicted octanol–water partition coefficient (Wildman–Crippen LogP) is 2.97. The fourth-order valence-electron chi connectivity index (χ4n) is 2.17. The first-order valence-electron chi connectivity index (χ1n) is 7.04. The summed E-state index contributed by atoms with van der Waals surface area (Å²) in [5.74, 6) is -2.68. The Morgan fingerprint density at radius 1 is 1.04 bits per heavy atom. The van der Waals surface area contributed by atoms with Gasteiger partial charge in [-0.3, -0.25) is 9.59 Å². The van der Waals surface area contributed by atoms with Crippen LogP contribution in [0.15, 0.2) is 63.8 Å². The molecule has 5 nitrogen and oxygen atoms in total. The van der Waals surface area contributed by atoms with E-state index in [1.54, 1.807) is 18.2 Å². The fraction of sp³-hybridized carbons (Fsp3) is 0.0556. The van der Waals surface area contributed by atoms with Crippen molar-refractivity contribution >= 4 is 22.7 Å². The summed E-state index contributed by atoms with van der Waals surface area (Å²) in [6.07, 6.45) is 0. The van der Waals surface area contributed by atoms with Crippen LogP contribution in [0.3, 0.4) is 0 Å². The lowest BCUT2D eigenvalue weighted by Crippen LogP contribution is -2.16. The van der Waals surface area contributed by atoms with E-state index in [2.05, 4.69) is 0 Å². The van der Waals surface area contributed by atoms with Gasteiger partial charge in [0.15, 0.2) is 12.0 Å². The third-order valence-electron chi connectivity index (χ3n) is 3.34. The van der Waals surface area contributed by atoms with E-state index in [-0.39, 0.29) is 16.9 Å². The maximum Gasteiger partial charge on any atom is 0.374 e. The SMILES string of the molecule is O=C(OCC(=O)c1ccccc1F)c1cc(=O)c2ccccc2o1. The highest BCUT2D eigenvalue weighted by molar-refractivity contribution is 5.99. The summed E-state index contributed by atoms with van der Waals surface area (Å²) in [6, 6.07) is 12.8. The molecular weight excluding hydrogens is 315 g/mol. The summed E-state index contributed by atoms with van der Waals surface area (Å²) in [5, 5.41) is 0.330. The first-order valence-corrected chi connectivity index (χ1v) is 7.04. The Hall–Kier alpha value is -3.28. The number of para-hydroxylation sites is 1. The number of hydrogen-bond donors (Lipinski definition) is 0. The van der Waals surface area contributed by atoms with Gasteiger partial charge in [0.25, 0.3) is 0 Å². The van der Waals surface area contributed by atoms with E-state index in [1.165, 1.54) is 24.3 Å². The van der Waals surface area contributed by atoms with E-state index in [0.717, 1.165) is 12.1 Å². The van der Waals surface area contributed by atoms with Gasteiger partial charge in [-0.2, -0.15) is 0 Å². The van der Waals surface area contributed by atoms with Crippen LogP contribution in [0.4, 0.5) is 4.39 Å². The van der Waals surface area contributed by atoms with Crippen LogP contribution in [0.5, 0.6) is 0 Å². The van der Waals surface area contributed by atoms with Crippen LogP contribution in [0, 0.1) is 5.82 Å². The molecule has 0 spiro atoms. The quantitative estimate of drug-likeness (QED) is 0.544. The zero-order valence-electron chi connectivity index (χ0n) is 12.3. The van der Waals surface area contributed by atoms with Crippen molar-refractivity contribution in [3.63, 3.8) is 0 Å². The molecule has 2 aromatic carbocycles. The number of carbonyl (C=O) groups excluding carboxylic acids is 2. The molecule has 0 fully saturated rings. The lowest BCUT2D eigenvalue weighted by Gasteiger charge is -2.05. The van der Waals surface area contributed by atoms with E-state index in [1.807, 2.05) is 0 Å². The molecule has 1 heterocycles. The first-order chi connectivity index (χ1) is 11.6. The van der Waals surface area contributed by atoms with Gasteiger partial charge in [0.1, 0.15) is 11.4 Å². The van der Waals surface area contributed by atoms with E-state index in [9.17, 15) is 18.8 Å². The van der Waals surface area contributed by atoms with Crippen molar-refractivity contribution < 1.29 is 23.1 Å². The molecule has 3 aromatic rings. The summed E-state index contributed by atoms with van der Waals surface area (Å²) >= 11 is 0. The molecule has 24 heavy (non-hydrogen) atoms. The standard InChI is InChI=1S/C18H11FO5/c19-13-7-3-1-5-11(13)15(21)10-23-18(22)17-9-14(20)12-6-2-4-8-16(12)24-17/h1-9H,10H2. The van der Waals surface area contributed by atoms with E-state index in [4.69, 9.17) is 9.15 Å². The number of ketones is 1. The number of esters is 1. The molecule has 0 bridgehead atoms. The molecule has 6 heteroatoms. The van der Waals surface area contributed by atoms with E-state index >= 15 is 0 Å². The Labute approximate surface area is 135 Å². The summed E-state index contributed by atoms with van der Waals surface area (Å²) < 4.78 is 23.6. The number of rotatable bonds is 4. The van der Waals surface area contributed by atoms with Crippen LogP contribution in [0.25, 0.3) is 11.0 Å². The van der Waals surface area contributed by atoms with Gasteiger partial charge in [-0.05, 0) is 24.3 Å². The van der Waals surface area contributed by atoms with Crippen molar-refractivity contribution in [2.24, 2.45) is 0 Å². The van der Waals surface area contributed by atoms with Crippen LogP contribution < -0.4 is 5.43 Å². The molecule has 0 N–H and O–H groups in total. The highest BCUT2D eigenvalue weighted by atomic mass is 19.1. The highest BCUT2D eigenvalue weighted by Crippen LogP contribution is 2.13. The lowest BCUT2D eigenvalue weighted by atomic mass is 10.1. The van der Waals surface area contributed by atoms with Crippen molar-refractivity contribution in [1.82, 2.24) is 0 Å². The molecule has 0 unspecified atom stereocenters. The number of ether oxygens (including phenoxy) is 1. The molecule has 1 aromatic heterocycles. The third-order valence-corrected chi connectivity index (χ3v) is 3.34. The average Bonchev–Trinajstić information content (AvgIpc) is 2.59. The van der Waals surface area contributed by atoms with Crippen molar-refractivity contribution in [2.75, 3.05) is 6.61 Å². The van der Waals surface area contributed by atoms with Gasteiger partial charge >= 0.3 is 5.97 Å². The number of fused-ring (bicyclic) bond motifs is 1. The number of halogens is 1. The molecule has 0 saturated heterocycles. The molecule has 0 saturated carbocycles. The number of Topliss-reactive ketones (excluding diaryl/α,β-unsaturated/α-hetero) is 1. The topological polar surface area (TPSA) is 73.6 Å². The highest BCUT2D eigenvalue weighted by Gasteiger charge is 2.17. The fourth-order valence-corrected chi connectivity index (χ4v) is 2.17. The Bertz CT molecular complexity index is 990. The first kappa shape index (κ1) is 15.6. The molecule has 120 valence electrons. The second-order valence-electron chi connectivity index (χ2n) is 4.95. The molecule has 0 radical (unpaired) electrons. The molecular formula is C18H11FO5. The number of benzene rings is 2. The summed E-state index contributed by atoms with van der Waals surface area (Å²) in [7, 11) is 0. The van der Waals surface area contributed by atoms with Gasteiger partial charge in [0.2, 0.25) is 11.5 Å². The van der Waals surface area contributed by atoms with E-state index in [0.29, 0.717) is 5.39 Å². The minimum absolute atomic E-state index is 0.176. The monoisotopic (exact) mass is 326 g/mol. The smallest absolute Gasteiger partial charge is 0.374 e. The summed E-state index contributed by atoms with van der Waals surface area (Å²) in [5.41, 5.74) is -0.341. The zero-order chi connectivity index (χ0) is 17.1. The largest absolute Gasteiger partial charge is 0.451 e. The van der Waals surface area contributed by atoms with Crippen LogP contribution in [-0.4, -0.2) is 18.4 Å². The third kappa shape index (κ3) is 3.08. The molecule has 0 amide bonds. The van der Waals surface area contributed by atoms with Gasteiger partial charge in [-0.1, -0.05) is 24.3 Å². The predicted molar refractivity (Wildman–Crippen MR) is 83.5 cm³/mol. The molecule has 0 atom stereocenters. The Morgan fingerprint density at radius 3 is 2.54 bits per heavy atom. The van der Waals surface area contributed by atoms with Crippen molar-refractivity contribution in [3.05, 3.63) is 82.0 Å². The van der Waals surface area contributed by atoms with Crippen LogP contribution in [0.1, 0.15) is 20.9 Å². The summed E-state index contributed by atoms with van der Waals surface area (Å²) in [6.45, 7) is -0.656. The normalized spacial score (nSPS) is 10.5. The Morgan fingerprint density at radius 2 is 1.75 bits per heavy atom. The van der Waals surface area contributed by atoms with E-state index < -0.39 is 29.6 Å². The lowest BCUT2D eigenvalue weighted by molar-refractivity contribution is 0.0443. The zero-order valence-corrected chi connectivity index (χ0v) is 12.3. The number of carbonyl (C=O) groups is 2. The number of hydrogen-bond acceptors (Lipinski definition) is 5. The second-order valence-corrected chi connectivity index (χ2v) is 4.95. The molecule has 0 aliphatic rings. The average molecular weight is 326 g/mol. The van der Waals surface area contributed by atoms with Gasteiger partial charge in [-0.25, -0.2) is 9.18 Å². The minimum atomic E-state index is -0.970. The van der Waals surface area contributed by atoms with Gasteiger partial charge in [0.05, 0.1) is 10.9 Å². The van der Waals surface area contributed by atoms with Crippen LogP contribution >= 0.6 is 0 Å². The maximum atomic E-state index is 13.5. The van der Waals surface area contributed by atoms with Crippen molar-refractivity contribution in [2.45, 2.75) is 0 Å². The van der Waals surface area contributed by atoms with Crippen LogP contribution in [0.2, 0.25) is 0 Å². The second kappa shape index (κ2) is 6.45. The molecule has 0 aliphatic heterocycles. The maximum absolute atomic E-state index is 13.5. The van der Waals surface area contributed by atoms with Gasteiger partial charge in [-0.15, -0.1) is 0 Å². The Balaban J connectivity index is 1.77. The van der Waals surface area contributed by atoms with Crippen LogP contribution in [-0.2, 0) is 4.74 Å². The van der Waals surface area contributed by atoms with Gasteiger partial charge in [0, 0.05) is 6.07 Å². The minimum Gasteiger partial charge on any atom is -0.451 e. The van der Waals surface area contributed by atoms with Crippen molar-refractivity contribution in [1.29, 1.82) is 0 Å². The Kier molecular flexibility index (Phi) is 4.20. The summed E-state index contributed by atoms with van der Waals surface area (Å²) in [4.78, 5) is 35.8. The van der Waals surface area contributed by atoms with Crippen molar-refractivity contribution in [3.8, 4) is 0 Å².